The Morgan fingerprint density at radius 3 is 2.60 bits per heavy atom. The SMILES string of the molecule is COc1cccc(F)c1N1Cc2c(nc(SC)nc2N2CCN(C(=O)OC(C)(C)C)C[C@@H]2C)C1=O. The molecule has 1 fully saturated rings. The number of rotatable bonds is 4. The fourth-order valence-electron chi connectivity index (χ4n) is 4.33. The zero-order valence-corrected chi connectivity index (χ0v) is 21.6. The van der Waals surface area contributed by atoms with E-state index in [1.54, 1.807) is 11.0 Å². The lowest BCUT2D eigenvalue weighted by molar-refractivity contribution is 0.0218. The van der Waals surface area contributed by atoms with Crippen LogP contribution in [-0.4, -0.2) is 71.5 Å². The van der Waals surface area contributed by atoms with Gasteiger partial charge in [-0.3, -0.25) is 9.69 Å². The van der Waals surface area contributed by atoms with Crippen LogP contribution >= 0.6 is 11.8 Å². The van der Waals surface area contributed by atoms with Crippen molar-refractivity contribution in [1.29, 1.82) is 0 Å². The molecule has 0 unspecified atom stereocenters. The Labute approximate surface area is 208 Å². The van der Waals surface area contributed by atoms with Crippen molar-refractivity contribution in [2.24, 2.45) is 0 Å². The number of ether oxygens (including phenoxy) is 2. The number of hydrogen-bond donors (Lipinski definition) is 0. The van der Waals surface area contributed by atoms with Gasteiger partial charge in [-0.05, 0) is 46.1 Å². The van der Waals surface area contributed by atoms with Crippen LogP contribution in [0.5, 0.6) is 5.75 Å². The zero-order valence-electron chi connectivity index (χ0n) is 20.8. The van der Waals surface area contributed by atoms with Crippen molar-refractivity contribution < 1.29 is 23.5 Å². The third-order valence-corrected chi connectivity index (χ3v) is 6.45. The average molecular weight is 504 g/mol. The largest absolute Gasteiger partial charge is 0.494 e. The van der Waals surface area contributed by atoms with Crippen LogP contribution in [0.1, 0.15) is 43.7 Å². The van der Waals surface area contributed by atoms with Gasteiger partial charge in [0.1, 0.15) is 28.5 Å². The van der Waals surface area contributed by atoms with Crippen molar-refractivity contribution in [3.63, 3.8) is 0 Å². The molecule has 2 aliphatic rings. The highest BCUT2D eigenvalue weighted by Gasteiger charge is 2.39. The van der Waals surface area contributed by atoms with Gasteiger partial charge in [-0.15, -0.1) is 0 Å². The van der Waals surface area contributed by atoms with Crippen molar-refractivity contribution in [3.8, 4) is 5.75 Å². The minimum absolute atomic E-state index is 0.0810. The van der Waals surface area contributed by atoms with Crippen molar-refractivity contribution in [2.45, 2.75) is 51.0 Å². The van der Waals surface area contributed by atoms with Crippen molar-refractivity contribution in [2.75, 3.05) is 42.8 Å². The molecule has 0 bridgehead atoms. The van der Waals surface area contributed by atoms with Crippen LogP contribution < -0.4 is 14.5 Å². The Hall–Kier alpha value is -3.08. The molecule has 3 heterocycles. The first-order chi connectivity index (χ1) is 16.5. The summed E-state index contributed by atoms with van der Waals surface area (Å²) in [6, 6.07) is 4.37. The summed E-state index contributed by atoms with van der Waals surface area (Å²) in [7, 11) is 1.44. The monoisotopic (exact) mass is 503 g/mol. The number of aromatic nitrogens is 2. The molecule has 1 saturated heterocycles. The number of piperazine rings is 1. The molecular weight excluding hydrogens is 473 g/mol. The predicted molar refractivity (Wildman–Crippen MR) is 132 cm³/mol. The number of carbonyl (C=O) groups excluding carboxylic acids is 2. The minimum Gasteiger partial charge on any atom is -0.494 e. The number of amides is 2. The Morgan fingerprint density at radius 1 is 1.23 bits per heavy atom. The maximum Gasteiger partial charge on any atom is 0.410 e. The molecule has 0 radical (unpaired) electrons. The number of benzene rings is 1. The van der Waals surface area contributed by atoms with E-state index in [-0.39, 0.29) is 35.8 Å². The Bertz CT molecular complexity index is 1160. The molecule has 0 saturated carbocycles. The van der Waals surface area contributed by atoms with Gasteiger partial charge in [0, 0.05) is 31.2 Å². The van der Waals surface area contributed by atoms with Gasteiger partial charge in [-0.2, -0.15) is 0 Å². The molecule has 4 rings (SSSR count). The third-order valence-electron chi connectivity index (χ3n) is 5.90. The summed E-state index contributed by atoms with van der Waals surface area (Å²) in [4.78, 5) is 40.3. The van der Waals surface area contributed by atoms with Gasteiger partial charge in [0.2, 0.25) is 0 Å². The number of halogens is 1. The zero-order chi connectivity index (χ0) is 25.5. The molecule has 2 amide bonds. The summed E-state index contributed by atoms with van der Waals surface area (Å²) >= 11 is 1.33. The van der Waals surface area contributed by atoms with Gasteiger partial charge in [-0.1, -0.05) is 17.8 Å². The Kier molecular flexibility index (Phi) is 6.81. The molecule has 1 atom stereocenters. The van der Waals surface area contributed by atoms with Gasteiger partial charge < -0.3 is 19.3 Å². The fraction of sp³-hybridized carbons (Fsp3) is 0.500. The van der Waals surface area contributed by atoms with Crippen LogP contribution in [0.25, 0.3) is 0 Å². The van der Waals surface area contributed by atoms with Gasteiger partial charge in [0.05, 0.1) is 13.7 Å². The van der Waals surface area contributed by atoms with E-state index in [9.17, 15) is 14.0 Å². The number of para-hydroxylation sites is 1. The van der Waals surface area contributed by atoms with Crippen molar-refractivity contribution in [1.82, 2.24) is 14.9 Å². The van der Waals surface area contributed by atoms with Gasteiger partial charge in [0.15, 0.2) is 11.0 Å². The summed E-state index contributed by atoms with van der Waals surface area (Å²) in [5.41, 5.74) is 0.398. The van der Waals surface area contributed by atoms with E-state index in [2.05, 4.69) is 9.88 Å². The lowest BCUT2D eigenvalue weighted by Gasteiger charge is -2.41. The molecular formula is C24H30FN5O4S. The van der Waals surface area contributed by atoms with Gasteiger partial charge in [0.25, 0.3) is 5.91 Å². The van der Waals surface area contributed by atoms with Crippen LogP contribution in [0.2, 0.25) is 0 Å². The molecule has 0 N–H and O–H groups in total. The van der Waals surface area contributed by atoms with Crippen molar-refractivity contribution >= 4 is 35.3 Å². The number of thioether (sulfide) groups is 1. The second kappa shape index (κ2) is 9.52. The average Bonchev–Trinajstić information content (AvgIpc) is 3.13. The van der Waals surface area contributed by atoms with Crippen LogP contribution in [0.15, 0.2) is 23.4 Å². The molecule has 11 heteroatoms. The maximum atomic E-state index is 14.8. The summed E-state index contributed by atoms with van der Waals surface area (Å²) < 4.78 is 25.7. The summed E-state index contributed by atoms with van der Waals surface area (Å²) in [6.07, 6.45) is 1.49. The predicted octanol–water partition coefficient (Wildman–Crippen LogP) is 3.95. The van der Waals surface area contributed by atoms with Gasteiger partial charge in [-0.25, -0.2) is 19.2 Å². The molecule has 0 aliphatic carbocycles. The topological polar surface area (TPSA) is 88.1 Å². The van der Waals surface area contributed by atoms with Crippen LogP contribution in [0, 0.1) is 5.82 Å². The van der Waals surface area contributed by atoms with Crippen molar-refractivity contribution in [3.05, 3.63) is 35.3 Å². The maximum absolute atomic E-state index is 14.8. The van der Waals surface area contributed by atoms with E-state index in [4.69, 9.17) is 14.5 Å². The summed E-state index contributed by atoms with van der Waals surface area (Å²) in [5, 5.41) is 0.455. The summed E-state index contributed by atoms with van der Waals surface area (Å²) in [6.45, 7) is 9.04. The number of nitrogens with zero attached hydrogens (tertiary/aromatic N) is 5. The lowest BCUT2D eigenvalue weighted by Crippen LogP contribution is -2.55. The van der Waals surface area contributed by atoms with Gasteiger partial charge >= 0.3 is 6.09 Å². The molecule has 1 aromatic heterocycles. The Balaban J connectivity index is 1.66. The highest BCUT2D eigenvalue weighted by atomic mass is 32.2. The molecule has 188 valence electrons. The first kappa shape index (κ1) is 25.0. The molecule has 35 heavy (non-hydrogen) atoms. The van der Waals surface area contributed by atoms with E-state index in [1.807, 2.05) is 34.0 Å². The second-order valence-electron chi connectivity index (χ2n) is 9.51. The van der Waals surface area contributed by atoms with E-state index < -0.39 is 17.3 Å². The molecule has 0 spiro atoms. The fourth-order valence-corrected chi connectivity index (χ4v) is 4.69. The highest BCUT2D eigenvalue weighted by Crippen LogP contribution is 2.39. The molecule has 1 aromatic carbocycles. The quantitative estimate of drug-likeness (QED) is 0.458. The Morgan fingerprint density at radius 2 is 1.97 bits per heavy atom. The number of hydrogen-bond acceptors (Lipinski definition) is 8. The van der Waals surface area contributed by atoms with Crippen LogP contribution in [0.4, 0.5) is 20.7 Å². The third kappa shape index (κ3) is 4.86. The number of methoxy groups -OCH3 is 1. The smallest absolute Gasteiger partial charge is 0.410 e. The summed E-state index contributed by atoms with van der Waals surface area (Å²) in [5.74, 6) is -0.0567. The number of fused-ring (bicyclic) bond motifs is 1. The minimum atomic E-state index is -0.574. The molecule has 2 aromatic rings. The second-order valence-corrected chi connectivity index (χ2v) is 10.3. The standard InChI is InChI=1S/C24H30FN5O4S/c1-14-12-28(23(32)34-24(2,3)4)10-11-29(14)20-15-13-30(19-16(25)8-7-9-17(19)33-5)21(31)18(15)26-22(27-20)35-6/h7-9,14H,10-13H2,1-6H3/t14-/m0/s1. The van der Waals surface area contributed by atoms with Crippen LogP contribution in [0.3, 0.4) is 0 Å². The molecule has 9 nitrogen and oxygen atoms in total. The van der Waals surface area contributed by atoms with E-state index in [0.717, 1.165) is 0 Å². The first-order valence-electron chi connectivity index (χ1n) is 11.4. The van der Waals surface area contributed by atoms with E-state index >= 15 is 0 Å². The van der Waals surface area contributed by atoms with Crippen LogP contribution in [-0.2, 0) is 11.3 Å². The van der Waals surface area contributed by atoms with E-state index in [0.29, 0.717) is 36.2 Å². The first-order valence-corrected chi connectivity index (χ1v) is 12.6. The highest BCUT2D eigenvalue weighted by molar-refractivity contribution is 7.98. The molecule has 2 aliphatic heterocycles. The number of carbonyl (C=O) groups is 2. The lowest BCUT2D eigenvalue weighted by atomic mass is 10.1. The number of anilines is 2. The normalized spacial score (nSPS) is 18.1. The van der Waals surface area contributed by atoms with E-state index in [1.165, 1.54) is 35.9 Å².